The largest absolute Gasteiger partial charge is 0.493 e. The Bertz CT molecular complexity index is 923. The third-order valence-electron chi connectivity index (χ3n) is 6.71. The minimum Gasteiger partial charge on any atom is -0.493 e. The van der Waals surface area contributed by atoms with Crippen LogP contribution in [0, 0.1) is 23.6 Å². The fraction of sp³-hybridized carbons (Fsp3) is 0.520. The number of ether oxygens (including phenoxy) is 3. The van der Waals surface area contributed by atoms with Crippen molar-refractivity contribution in [3.63, 3.8) is 0 Å². The average Bonchev–Trinajstić information content (AvgIpc) is 3.58. The van der Waals surface area contributed by atoms with E-state index in [-0.39, 0.29) is 29.5 Å². The summed E-state index contributed by atoms with van der Waals surface area (Å²) in [6.07, 6.45) is 5.30. The third kappa shape index (κ3) is 4.83. The zero-order valence-electron chi connectivity index (χ0n) is 18.3. The van der Waals surface area contributed by atoms with E-state index in [0.717, 1.165) is 37.0 Å². The summed E-state index contributed by atoms with van der Waals surface area (Å²) in [6.45, 7) is 2.55. The molecule has 1 heterocycles. The maximum absolute atomic E-state index is 14.1. The number of rotatable bonds is 9. The van der Waals surface area contributed by atoms with Crippen LogP contribution in [0.15, 0.2) is 36.5 Å². The Hall–Kier alpha value is -2.63. The quantitative estimate of drug-likeness (QED) is 0.521. The Morgan fingerprint density at radius 1 is 1.23 bits per heavy atom. The van der Waals surface area contributed by atoms with Crippen LogP contribution in [0.25, 0.3) is 0 Å². The smallest absolute Gasteiger partial charge is 0.309 e. The molecule has 2 fully saturated rings. The van der Waals surface area contributed by atoms with Gasteiger partial charge in [0.2, 0.25) is 5.88 Å². The van der Waals surface area contributed by atoms with Gasteiger partial charge in [-0.25, -0.2) is 9.37 Å². The Morgan fingerprint density at radius 3 is 2.68 bits per heavy atom. The zero-order valence-corrected chi connectivity index (χ0v) is 18.3. The normalized spacial score (nSPS) is 22.2. The first-order valence-corrected chi connectivity index (χ1v) is 11.0. The molecule has 0 radical (unpaired) electrons. The fourth-order valence-corrected chi connectivity index (χ4v) is 4.77. The number of nitrogens with zero attached hydrogens (tertiary/aromatic N) is 1. The molecule has 0 N–H and O–H groups in total. The molecule has 0 saturated heterocycles. The highest BCUT2D eigenvalue weighted by atomic mass is 19.1. The van der Waals surface area contributed by atoms with Gasteiger partial charge in [-0.3, -0.25) is 4.79 Å². The van der Waals surface area contributed by atoms with Crippen LogP contribution in [0.4, 0.5) is 4.39 Å². The first-order valence-electron chi connectivity index (χ1n) is 11.0. The van der Waals surface area contributed by atoms with Gasteiger partial charge in [-0.05, 0) is 72.6 Å². The van der Waals surface area contributed by atoms with Crippen LogP contribution in [0.5, 0.6) is 11.6 Å². The summed E-state index contributed by atoms with van der Waals surface area (Å²) < 4.78 is 30.3. The topological polar surface area (TPSA) is 57.7 Å². The predicted molar refractivity (Wildman–Crippen MR) is 115 cm³/mol. The van der Waals surface area contributed by atoms with Crippen molar-refractivity contribution >= 4 is 5.97 Å². The number of esters is 1. The van der Waals surface area contributed by atoms with Crippen LogP contribution in [-0.2, 0) is 9.53 Å². The van der Waals surface area contributed by atoms with E-state index in [0.29, 0.717) is 29.9 Å². The van der Waals surface area contributed by atoms with Crippen LogP contribution in [0.3, 0.4) is 0 Å². The first-order chi connectivity index (χ1) is 15.0. The van der Waals surface area contributed by atoms with Gasteiger partial charge in [0.1, 0.15) is 11.6 Å². The van der Waals surface area contributed by atoms with Gasteiger partial charge < -0.3 is 14.2 Å². The van der Waals surface area contributed by atoms with Gasteiger partial charge in [0.15, 0.2) is 0 Å². The molecule has 0 spiro atoms. The summed E-state index contributed by atoms with van der Waals surface area (Å²) in [4.78, 5) is 16.0. The number of hydrogen-bond donors (Lipinski definition) is 0. The van der Waals surface area contributed by atoms with Crippen molar-refractivity contribution in [2.75, 3.05) is 20.8 Å². The van der Waals surface area contributed by atoms with Gasteiger partial charge in [-0.2, -0.15) is 0 Å². The van der Waals surface area contributed by atoms with Gasteiger partial charge in [0, 0.05) is 6.07 Å². The second-order valence-corrected chi connectivity index (χ2v) is 8.84. The van der Waals surface area contributed by atoms with E-state index in [9.17, 15) is 9.18 Å². The number of aromatic nitrogens is 1. The van der Waals surface area contributed by atoms with Gasteiger partial charge in [0.05, 0.1) is 32.9 Å². The SMILES string of the molecule is COC(=O)[C@@H](C)[C@H](c1cccc(OCC2CC(c3cc(OC)ncc3F)C2)c1)C1CC1. The van der Waals surface area contributed by atoms with Crippen LogP contribution >= 0.6 is 0 Å². The number of pyridine rings is 1. The van der Waals surface area contributed by atoms with Gasteiger partial charge in [-0.15, -0.1) is 0 Å². The number of benzene rings is 1. The van der Waals surface area contributed by atoms with Gasteiger partial charge in [-0.1, -0.05) is 19.1 Å². The molecule has 166 valence electrons. The van der Waals surface area contributed by atoms with Crippen molar-refractivity contribution in [3.05, 3.63) is 53.5 Å². The van der Waals surface area contributed by atoms with Crippen molar-refractivity contribution < 1.29 is 23.4 Å². The maximum Gasteiger partial charge on any atom is 0.309 e. The Labute approximate surface area is 182 Å². The molecule has 2 saturated carbocycles. The average molecular weight is 428 g/mol. The highest BCUT2D eigenvalue weighted by molar-refractivity contribution is 5.73. The second-order valence-electron chi connectivity index (χ2n) is 8.84. The van der Waals surface area contributed by atoms with Crippen LogP contribution < -0.4 is 9.47 Å². The molecule has 2 aliphatic rings. The van der Waals surface area contributed by atoms with E-state index >= 15 is 0 Å². The molecule has 0 aliphatic heterocycles. The molecule has 5 nitrogen and oxygen atoms in total. The van der Waals surface area contributed by atoms with Crippen molar-refractivity contribution in [1.82, 2.24) is 4.98 Å². The highest BCUT2D eigenvalue weighted by Crippen LogP contribution is 2.47. The van der Waals surface area contributed by atoms with E-state index < -0.39 is 0 Å². The lowest BCUT2D eigenvalue weighted by molar-refractivity contribution is -0.145. The molecule has 0 amide bonds. The molecule has 1 aromatic carbocycles. The predicted octanol–water partition coefficient (Wildman–Crippen LogP) is 5.10. The van der Waals surface area contributed by atoms with Crippen molar-refractivity contribution in [2.45, 2.75) is 44.4 Å². The standard InChI is InChI=1S/C25H30FNO4/c1-15(25(28)30-3)24(17-7-8-17)18-5-4-6-20(11-18)31-14-16-9-19(10-16)21-12-23(29-2)27-13-22(21)26/h4-6,11-13,15-17,19,24H,7-10,14H2,1-3H3/t15-,16?,19?,24-/m0/s1. The lowest BCUT2D eigenvalue weighted by atomic mass is 9.72. The molecule has 1 aromatic heterocycles. The van der Waals surface area contributed by atoms with E-state index in [1.165, 1.54) is 20.4 Å². The van der Waals surface area contributed by atoms with Crippen LogP contribution in [0.1, 0.15) is 55.6 Å². The minimum absolute atomic E-state index is 0.161. The third-order valence-corrected chi connectivity index (χ3v) is 6.71. The monoisotopic (exact) mass is 427 g/mol. The second kappa shape index (κ2) is 9.25. The van der Waals surface area contributed by atoms with E-state index in [4.69, 9.17) is 14.2 Å². The summed E-state index contributed by atoms with van der Waals surface area (Å²) in [6, 6.07) is 9.79. The molecule has 4 rings (SSSR count). The summed E-state index contributed by atoms with van der Waals surface area (Å²) in [7, 11) is 2.98. The molecule has 2 aliphatic carbocycles. The van der Waals surface area contributed by atoms with Crippen molar-refractivity contribution in [2.24, 2.45) is 17.8 Å². The summed E-state index contributed by atoms with van der Waals surface area (Å²) in [5, 5.41) is 0. The minimum atomic E-state index is -0.274. The molecule has 2 aromatic rings. The highest BCUT2D eigenvalue weighted by Gasteiger charge is 2.39. The molecule has 6 heteroatoms. The molecular weight excluding hydrogens is 397 g/mol. The first kappa shape index (κ1) is 21.6. The van der Waals surface area contributed by atoms with E-state index in [2.05, 4.69) is 17.1 Å². The van der Waals surface area contributed by atoms with Crippen LogP contribution in [0.2, 0.25) is 0 Å². The van der Waals surface area contributed by atoms with Gasteiger partial charge >= 0.3 is 5.97 Å². The number of methoxy groups -OCH3 is 2. The number of hydrogen-bond acceptors (Lipinski definition) is 5. The zero-order chi connectivity index (χ0) is 22.0. The summed E-state index contributed by atoms with van der Waals surface area (Å²) >= 11 is 0. The lowest BCUT2D eigenvalue weighted by Gasteiger charge is -2.35. The Morgan fingerprint density at radius 2 is 2.00 bits per heavy atom. The molecule has 31 heavy (non-hydrogen) atoms. The van der Waals surface area contributed by atoms with Gasteiger partial charge in [0.25, 0.3) is 0 Å². The van der Waals surface area contributed by atoms with Crippen molar-refractivity contribution in [3.8, 4) is 11.6 Å². The maximum atomic E-state index is 14.1. The Balaban J connectivity index is 1.35. The van der Waals surface area contributed by atoms with E-state index in [1.807, 2.05) is 19.1 Å². The Kier molecular flexibility index (Phi) is 6.44. The lowest BCUT2D eigenvalue weighted by Crippen LogP contribution is -2.28. The number of carbonyl (C=O) groups is 1. The molecular formula is C25H30FNO4. The molecule has 0 unspecified atom stereocenters. The van der Waals surface area contributed by atoms with Crippen LogP contribution in [-0.4, -0.2) is 31.8 Å². The fourth-order valence-electron chi connectivity index (χ4n) is 4.77. The van der Waals surface area contributed by atoms with E-state index in [1.54, 1.807) is 6.07 Å². The molecule has 0 bridgehead atoms. The number of carbonyl (C=O) groups excluding carboxylic acids is 1. The number of halogens is 1. The van der Waals surface area contributed by atoms with Crippen molar-refractivity contribution in [1.29, 1.82) is 0 Å². The summed E-state index contributed by atoms with van der Waals surface area (Å²) in [5.41, 5.74) is 1.81. The summed E-state index contributed by atoms with van der Waals surface area (Å²) in [5.74, 6) is 1.91. The molecule has 2 atom stereocenters.